The quantitative estimate of drug-likeness (QED) is 0.466. The summed E-state index contributed by atoms with van der Waals surface area (Å²) in [5, 5.41) is 4.64. The fourth-order valence-corrected chi connectivity index (χ4v) is 3.67. The molecule has 2 N–H and O–H groups in total. The van der Waals surface area contributed by atoms with Gasteiger partial charge in [0.2, 0.25) is 0 Å². The van der Waals surface area contributed by atoms with Crippen LogP contribution in [-0.4, -0.2) is 54.6 Å². The van der Waals surface area contributed by atoms with E-state index >= 15 is 0 Å². The standard InChI is InChI=1S/C21H30N4O2/c1-3-22-21(25-13-7-8-17(15-25)20(26)27-4-2)23-12-11-16-14-24-19-10-6-5-9-18(16)19/h5-6,9-10,14,17,24H,3-4,7-8,11-13,15H2,1-2H3,(H,22,23). The molecule has 1 aromatic carbocycles. The molecule has 27 heavy (non-hydrogen) atoms. The lowest BCUT2D eigenvalue weighted by Crippen LogP contribution is -2.48. The van der Waals surface area contributed by atoms with Gasteiger partial charge in [-0.2, -0.15) is 0 Å². The first-order valence-corrected chi connectivity index (χ1v) is 9.97. The van der Waals surface area contributed by atoms with E-state index in [0.717, 1.165) is 43.8 Å². The predicted octanol–water partition coefficient (Wildman–Crippen LogP) is 2.95. The van der Waals surface area contributed by atoms with Crippen LogP contribution in [0.3, 0.4) is 0 Å². The van der Waals surface area contributed by atoms with Crippen molar-refractivity contribution in [2.24, 2.45) is 10.9 Å². The molecule has 0 bridgehead atoms. The van der Waals surface area contributed by atoms with Crippen molar-refractivity contribution in [3.63, 3.8) is 0 Å². The minimum atomic E-state index is -0.0863. The third-order valence-corrected chi connectivity index (χ3v) is 4.99. The average Bonchev–Trinajstić information content (AvgIpc) is 3.11. The SMILES string of the molecule is CCNC(=NCCc1c[nH]c2ccccc12)N1CCCC(C(=O)OCC)C1. The molecule has 1 fully saturated rings. The lowest BCUT2D eigenvalue weighted by Gasteiger charge is -2.34. The minimum Gasteiger partial charge on any atom is -0.466 e. The lowest BCUT2D eigenvalue weighted by molar-refractivity contribution is -0.149. The van der Waals surface area contributed by atoms with E-state index in [1.165, 1.54) is 10.9 Å². The van der Waals surface area contributed by atoms with Gasteiger partial charge in [0.05, 0.1) is 12.5 Å². The molecule has 0 saturated carbocycles. The summed E-state index contributed by atoms with van der Waals surface area (Å²) in [4.78, 5) is 22.4. The van der Waals surface area contributed by atoms with Gasteiger partial charge in [-0.1, -0.05) is 18.2 Å². The number of benzene rings is 1. The maximum atomic E-state index is 12.1. The Balaban J connectivity index is 1.64. The molecule has 146 valence electrons. The summed E-state index contributed by atoms with van der Waals surface area (Å²) in [7, 11) is 0. The van der Waals surface area contributed by atoms with Crippen LogP contribution < -0.4 is 5.32 Å². The number of carbonyl (C=O) groups excluding carboxylic acids is 1. The van der Waals surface area contributed by atoms with Crippen molar-refractivity contribution in [3.05, 3.63) is 36.0 Å². The highest BCUT2D eigenvalue weighted by Gasteiger charge is 2.28. The highest BCUT2D eigenvalue weighted by atomic mass is 16.5. The largest absolute Gasteiger partial charge is 0.466 e. The van der Waals surface area contributed by atoms with Gasteiger partial charge in [-0.3, -0.25) is 9.79 Å². The smallest absolute Gasteiger partial charge is 0.310 e. The fourth-order valence-electron chi connectivity index (χ4n) is 3.67. The zero-order chi connectivity index (χ0) is 19.1. The Morgan fingerprint density at radius 2 is 2.22 bits per heavy atom. The van der Waals surface area contributed by atoms with E-state index < -0.39 is 0 Å². The molecule has 6 nitrogen and oxygen atoms in total. The Kier molecular flexibility index (Phi) is 6.74. The summed E-state index contributed by atoms with van der Waals surface area (Å²) in [5.41, 5.74) is 2.45. The fraction of sp³-hybridized carbons (Fsp3) is 0.524. The van der Waals surface area contributed by atoms with E-state index in [1.54, 1.807) is 0 Å². The first-order valence-electron chi connectivity index (χ1n) is 9.97. The second kappa shape index (κ2) is 9.44. The molecule has 0 radical (unpaired) electrons. The Labute approximate surface area is 161 Å². The van der Waals surface area contributed by atoms with Crippen molar-refractivity contribution in [2.75, 3.05) is 32.8 Å². The number of carbonyl (C=O) groups is 1. The number of hydrogen-bond donors (Lipinski definition) is 2. The van der Waals surface area contributed by atoms with E-state index in [0.29, 0.717) is 19.7 Å². The number of nitrogens with zero attached hydrogens (tertiary/aromatic N) is 2. The van der Waals surface area contributed by atoms with Crippen LogP contribution in [0.1, 0.15) is 32.3 Å². The summed E-state index contributed by atoms with van der Waals surface area (Å²) >= 11 is 0. The van der Waals surface area contributed by atoms with Crippen LogP contribution in [0.4, 0.5) is 0 Å². The lowest BCUT2D eigenvalue weighted by atomic mass is 9.98. The monoisotopic (exact) mass is 370 g/mol. The molecule has 2 heterocycles. The van der Waals surface area contributed by atoms with Crippen molar-refractivity contribution in [1.82, 2.24) is 15.2 Å². The number of rotatable bonds is 6. The van der Waals surface area contributed by atoms with E-state index in [4.69, 9.17) is 9.73 Å². The summed E-state index contributed by atoms with van der Waals surface area (Å²) < 4.78 is 5.21. The number of guanidine groups is 1. The second-order valence-corrected chi connectivity index (χ2v) is 6.88. The third kappa shape index (κ3) is 4.81. The van der Waals surface area contributed by atoms with Gasteiger partial charge in [-0.05, 0) is 44.7 Å². The van der Waals surface area contributed by atoms with E-state index in [-0.39, 0.29) is 11.9 Å². The molecule has 1 aliphatic heterocycles. The van der Waals surface area contributed by atoms with Crippen molar-refractivity contribution in [3.8, 4) is 0 Å². The van der Waals surface area contributed by atoms with Gasteiger partial charge in [-0.15, -0.1) is 0 Å². The number of ether oxygens (including phenoxy) is 1. The maximum Gasteiger partial charge on any atom is 0.310 e. The van der Waals surface area contributed by atoms with Crippen LogP contribution >= 0.6 is 0 Å². The molecule has 0 spiro atoms. The number of esters is 1. The number of para-hydroxylation sites is 1. The molecule has 0 amide bonds. The topological polar surface area (TPSA) is 69.7 Å². The number of aliphatic imine (C=N–C) groups is 1. The van der Waals surface area contributed by atoms with Crippen LogP contribution in [0.25, 0.3) is 10.9 Å². The number of hydrogen-bond acceptors (Lipinski definition) is 3. The van der Waals surface area contributed by atoms with Gasteiger partial charge in [0.15, 0.2) is 5.96 Å². The minimum absolute atomic E-state index is 0.0591. The Morgan fingerprint density at radius 1 is 1.37 bits per heavy atom. The molecular weight excluding hydrogens is 340 g/mol. The average molecular weight is 370 g/mol. The molecule has 1 atom stereocenters. The highest BCUT2D eigenvalue weighted by Crippen LogP contribution is 2.19. The number of piperidine rings is 1. The maximum absolute atomic E-state index is 12.1. The van der Waals surface area contributed by atoms with Crippen molar-refractivity contribution in [1.29, 1.82) is 0 Å². The molecule has 1 aliphatic rings. The summed E-state index contributed by atoms with van der Waals surface area (Å²) in [6, 6.07) is 8.34. The molecule has 3 rings (SSSR count). The van der Waals surface area contributed by atoms with Crippen LogP contribution in [0.15, 0.2) is 35.5 Å². The first kappa shape index (κ1) is 19.3. The normalized spacial score (nSPS) is 17.9. The summed E-state index contributed by atoms with van der Waals surface area (Å²) in [5.74, 6) is 0.749. The molecule has 1 aromatic heterocycles. The van der Waals surface area contributed by atoms with Gasteiger partial charge >= 0.3 is 5.97 Å². The number of likely N-dealkylation sites (tertiary alicyclic amines) is 1. The van der Waals surface area contributed by atoms with Crippen LogP contribution in [0.2, 0.25) is 0 Å². The van der Waals surface area contributed by atoms with Crippen LogP contribution in [0.5, 0.6) is 0 Å². The summed E-state index contributed by atoms with van der Waals surface area (Å²) in [6.45, 7) is 7.49. The van der Waals surface area contributed by atoms with Crippen LogP contribution in [0, 0.1) is 5.92 Å². The molecule has 0 aliphatic carbocycles. The van der Waals surface area contributed by atoms with E-state index in [1.807, 2.05) is 13.0 Å². The molecular formula is C21H30N4O2. The Hall–Kier alpha value is -2.50. The second-order valence-electron chi connectivity index (χ2n) is 6.88. The molecule has 2 aromatic rings. The predicted molar refractivity (Wildman–Crippen MR) is 109 cm³/mol. The van der Waals surface area contributed by atoms with Gasteiger partial charge in [0.1, 0.15) is 0 Å². The van der Waals surface area contributed by atoms with Crippen molar-refractivity contribution in [2.45, 2.75) is 33.1 Å². The van der Waals surface area contributed by atoms with Crippen molar-refractivity contribution >= 4 is 22.8 Å². The van der Waals surface area contributed by atoms with E-state index in [9.17, 15) is 4.79 Å². The number of aromatic amines is 1. The first-order chi connectivity index (χ1) is 13.2. The number of aromatic nitrogens is 1. The Bertz CT molecular complexity index is 783. The van der Waals surface area contributed by atoms with Crippen molar-refractivity contribution < 1.29 is 9.53 Å². The van der Waals surface area contributed by atoms with E-state index in [2.05, 4.69) is 46.5 Å². The van der Waals surface area contributed by atoms with Gasteiger partial charge in [0.25, 0.3) is 0 Å². The van der Waals surface area contributed by atoms with Gasteiger partial charge in [-0.25, -0.2) is 0 Å². The summed E-state index contributed by atoms with van der Waals surface area (Å²) in [6.07, 6.45) is 4.83. The molecule has 6 heteroatoms. The molecule has 1 unspecified atom stereocenters. The zero-order valence-electron chi connectivity index (χ0n) is 16.3. The van der Waals surface area contributed by atoms with Gasteiger partial charge < -0.3 is 19.9 Å². The highest BCUT2D eigenvalue weighted by molar-refractivity contribution is 5.83. The third-order valence-electron chi connectivity index (χ3n) is 4.99. The number of nitrogens with one attached hydrogen (secondary N) is 2. The number of H-pyrrole nitrogens is 1. The molecule has 1 saturated heterocycles. The number of fused-ring (bicyclic) bond motifs is 1. The van der Waals surface area contributed by atoms with Crippen LogP contribution in [-0.2, 0) is 16.0 Å². The zero-order valence-corrected chi connectivity index (χ0v) is 16.3. The van der Waals surface area contributed by atoms with Gasteiger partial charge in [0, 0.05) is 43.3 Å². The Morgan fingerprint density at radius 3 is 3.04 bits per heavy atom.